The molecule has 136 valence electrons. The summed E-state index contributed by atoms with van der Waals surface area (Å²) in [6.45, 7) is 0. The maximum absolute atomic E-state index is 4.70. The Morgan fingerprint density at radius 3 is 2.31 bits per heavy atom. The summed E-state index contributed by atoms with van der Waals surface area (Å²) >= 11 is 0. The maximum Gasteiger partial charge on any atom is 0.149 e. The molecule has 0 unspecified atom stereocenters. The highest BCUT2D eigenvalue weighted by molar-refractivity contribution is 6.12. The molecule has 1 aliphatic rings. The van der Waals surface area contributed by atoms with Crippen LogP contribution in [-0.2, 0) is 0 Å². The molecule has 3 heterocycles. The molecule has 5 aromatic rings. The topological polar surface area (TPSA) is 41.9 Å². The fourth-order valence-corrected chi connectivity index (χ4v) is 4.12. The van der Waals surface area contributed by atoms with E-state index in [1.807, 2.05) is 30.6 Å². The first-order valence-electron chi connectivity index (χ1n) is 9.54. The Kier molecular flexibility index (Phi) is 3.43. The summed E-state index contributed by atoms with van der Waals surface area (Å²) in [5.41, 5.74) is 7.74. The van der Waals surface area contributed by atoms with Crippen molar-refractivity contribution in [3.63, 3.8) is 0 Å². The lowest BCUT2D eigenvalue weighted by molar-refractivity contribution is 1.14. The quantitative estimate of drug-likeness (QED) is 0.366. The number of pyridine rings is 1. The van der Waals surface area contributed by atoms with Crippen LogP contribution in [0, 0.1) is 0 Å². The number of hydrogen-bond donors (Lipinski definition) is 0. The molecule has 2 aromatic heterocycles. The third-order valence-corrected chi connectivity index (χ3v) is 5.39. The summed E-state index contributed by atoms with van der Waals surface area (Å²) in [5.74, 6) is 0.913. The van der Waals surface area contributed by atoms with Crippen LogP contribution in [0.3, 0.4) is 0 Å². The number of rotatable bonds is 2. The van der Waals surface area contributed by atoms with Crippen LogP contribution in [0.25, 0.3) is 33.2 Å². The van der Waals surface area contributed by atoms with Gasteiger partial charge in [0.25, 0.3) is 0 Å². The molecule has 0 bridgehead atoms. The zero-order valence-electron chi connectivity index (χ0n) is 15.5. The Hall–Kier alpha value is -4.05. The second kappa shape index (κ2) is 6.24. The molecule has 6 rings (SSSR count). The molecular weight excluding hydrogens is 356 g/mol. The molecule has 0 radical (unpaired) electrons. The van der Waals surface area contributed by atoms with Crippen molar-refractivity contribution in [2.75, 3.05) is 4.90 Å². The Labute approximate surface area is 168 Å². The number of anilines is 3. The van der Waals surface area contributed by atoms with Crippen molar-refractivity contribution in [3.05, 3.63) is 97.6 Å². The van der Waals surface area contributed by atoms with Crippen LogP contribution < -0.4 is 4.90 Å². The van der Waals surface area contributed by atoms with E-state index in [1.165, 1.54) is 5.56 Å². The van der Waals surface area contributed by atoms with Crippen molar-refractivity contribution in [3.8, 4) is 22.3 Å². The lowest BCUT2D eigenvalue weighted by Crippen LogP contribution is -2.16. The first-order chi connectivity index (χ1) is 14.4. The highest BCUT2D eigenvalue weighted by Gasteiger charge is 2.27. The van der Waals surface area contributed by atoms with Crippen LogP contribution in [0.1, 0.15) is 0 Å². The van der Waals surface area contributed by atoms with Crippen molar-refractivity contribution in [1.82, 2.24) is 15.0 Å². The Bertz CT molecular complexity index is 1350. The number of fused-ring (bicyclic) bond motifs is 2. The normalized spacial score (nSPS) is 12.1. The highest BCUT2D eigenvalue weighted by Crippen LogP contribution is 2.50. The summed E-state index contributed by atoms with van der Waals surface area (Å²) in [4.78, 5) is 15.7. The van der Waals surface area contributed by atoms with Gasteiger partial charge in [-0.05, 0) is 59.2 Å². The predicted molar refractivity (Wildman–Crippen MR) is 116 cm³/mol. The van der Waals surface area contributed by atoms with Gasteiger partial charge < -0.3 is 0 Å². The van der Waals surface area contributed by atoms with Gasteiger partial charge in [0, 0.05) is 23.6 Å². The Balaban J connectivity index is 1.71. The van der Waals surface area contributed by atoms with E-state index in [2.05, 4.69) is 75.5 Å². The number of aromatic nitrogens is 3. The smallest absolute Gasteiger partial charge is 0.149 e. The van der Waals surface area contributed by atoms with Crippen LogP contribution in [-0.4, -0.2) is 15.0 Å². The predicted octanol–water partition coefficient (Wildman–Crippen LogP) is 6.14. The molecule has 0 atom stereocenters. The minimum atomic E-state index is 0.913. The van der Waals surface area contributed by atoms with Gasteiger partial charge in [-0.15, -0.1) is 0 Å². The van der Waals surface area contributed by atoms with E-state index < -0.39 is 0 Å². The Morgan fingerprint density at radius 2 is 1.45 bits per heavy atom. The SMILES string of the molecule is c1ccc(N2c3ccccc3-c3cc(-c4ccncc4)cc4ncnc2c34)cc1. The molecular formula is C25H16N4. The lowest BCUT2D eigenvalue weighted by atomic mass is 9.91. The molecule has 0 N–H and O–H groups in total. The minimum Gasteiger partial charge on any atom is -0.294 e. The van der Waals surface area contributed by atoms with Crippen molar-refractivity contribution in [2.45, 2.75) is 0 Å². The summed E-state index contributed by atoms with van der Waals surface area (Å²) in [6, 6.07) is 27.3. The number of hydrogen-bond acceptors (Lipinski definition) is 4. The van der Waals surface area contributed by atoms with Gasteiger partial charge >= 0.3 is 0 Å². The van der Waals surface area contributed by atoms with Gasteiger partial charge in [0.2, 0.25) is 0 Å². The van der Waals surface area contributed by atoms with Gasteiger partial charge in [-0.3, -0.25) is 9.88 Å². The molecule has 0 spiro atoms. The van der Waals surface area contributed by atoms with Crippen LogP contribution in [0.5, 0.6) is 0 Å². The third kappa shape index (κ3) is 2.43. The summed E-state index contributed by atoms with van der Waals surface area (Å²) < 4.78 is 0. The third-order valence-electron chi connectivity index (χ3n) is 5.39. The number of para-hydroxylation sites is 2. The maximum atomic E-state index is 4.70. The van der Waals surface area contributed by atoms with Gasteiger partial charge in [-0.1, -0.05) is 36.4 Å². The molecule has 1 aliphatic heterocycles. The zero-order valence-corrected chi connectivity index (χ0v) is 15.5. The second-order valence-electron chi connectivity index (χ2n) is 7.04. The zero-order chi connectivity index (χ0) is 19.2. The molecule has 0 aliphatic carbocycles. The van der Waals surface area contributed by atoms with Crippen LogP contribution in [0.2, 0.25) is 0 Å². The standard InChI is InChI=1S/C25H16N4/c1-2-6-19(7-3-1)29-23-9-5-4-8-20(23)21-14-18(17-10-12-26-13-11-17)15-22-24(21)25(29)28-16-27-22/h1-16H. The van der Waals surface area contributed by atoms with Gasteiger partial charge in [-0.2, -0.15) is 0 Å². The van der Waals surface area contributed by atoms with Crippen molar-refractivity contribution in [1.29, 1.82) is 0 Å². The van der Waals surface area contributed by atoms with E-state index in [-0.39, 0.29) is 0 Å². The van der Waals surface area contributed by atoms with Gasteiger partial charge in [0.1, 0.15) is 12.1 Å². The van der Waals surface area contributed by atoms with Crippen LogP contribution in [0.15, 0.2) is 97.6 Å². The summed E-state index contributed by atoms with van der Waals surface area (Å²) in [7, 11) is 0. The molecule has 4 nitrogen and oxygen atoms in total. The monoisotopic (exact) mass is 372 g/mol. The highest BCUT2D eigenvalue weighted by atomic mass is 15.2. The fraction of sp³-hybridized carbons (Fsp3) is 0. The Morgan fingerprint density at radius 1 is 0.655 bits per heavy atom. The average Bonchev–Trinajstić information content (AvgIpc) is 2.80. The van der Waals surface area contributed by atoms with E-state index in [0.29, 0.717) is 0 Å². The summed E-state index contributed by atoms with van der Waals surface area (Å²) in [5, 5.41) is 1.08. The van der Waals surface area contributed by atoms with Gasteiger partial charge in [0.15, 0.2) is 0 Å². The largest absolute Gasteiger partial charge is 0.294 e. The first kappa shape index (κ1) is 16.0. The van der Waals surface area contributed by atoms with E-state index in [0.717, 1.165) is 44.8 Å². The molecule has 3 aromatic carbocycles. The van der Waals surface area contributed by atoms with Crippen molar-refractivity contribution >= 4 is 28.1 Å². The molecule has 29 heavy (non-hydrogen) atoms. The van der Waals surface area contributed by atoms with Crippen molar-refractivity contribution < 1.29 is 0 Å². The van der Waals surface area contributed by atoms with Gasteiger partial charge in [-0.25, -0.2) is 9.97 Å². The molecule has 0 saturated carbocycles. The van der Waals surface area contributed by atoms with E-state index in [9.17, 15) is 0 Å². The van der Waals surface area contributed by atoms with Gasteiger partial charge in [0.05, 0.1) is 16.6 Å². The molecule has 0 fully saturated rings. The van der Waals surface area contributed by atoms with E-state index >= 15 is 0 Å². The second-order valence-corrected chi connectivity index (χ2v) is 7.04. The number of benzene rings is 3. The molecule has 0 saturated heterocycles. The summed E-state index contributed by atoms with van der Waals surface area (Å²) in [6.07, 6.45) is 5.30. The molecule has 0 amide bonds. The molecule has 4 heteroatoms. The van der Waals surface area contributed by atoms with E-state index in [1.54, 1.807) is 6.33 Å². The van der Waals surface area contributed by atoms with E-state index in [4.69, 9.17) is 4.98 Å². The minimum absolute atomic E-state index is 0.913. The first-order valence-corrected chi connectivity index (χ1v) is 9.54. The fourth-order valence-electron chi connectivity index (χ4n) is 4.12. The van der Waals surface area contributed by atoms with Crippen molar-refractivity contribution in [2.24, 2.45) is 0 Å². The number of nitrogens with zero attached hydrogens (tertiary/aromatic N) is 4. The average molecular weight is 372 g/mol. The van der Waals surface area contributed by atoms with Crippen LogP contribution >= 0.6 is 0 Å². The van der Waals surface area contributed by atoms with Crippen LogP contribution in [0.4, 0.5) is 17.2 Å². The lowest BCUT2D eigenvalue weighted by Gasteiger charge is -2.32.